The first kappa shape index (κ1) is 91.2. The molecular weight excluding hydrogens is 1180 g/mol. The van der Waals surface area contributed by atoms with Gasteiger partial charge in [-0.05, 0) is 89.9 Å². The highest BCUT2D eigenvalue weighted by Gasteiger charge is 2.22. The Balaban J connectivity index is 3.91. The van der Waals surface area contributed by atoms with Gasteiger partial charge in [-0.25, -0.2) is 0 Å². The van der Waals surface area contributed by atoms with E-state index in [2.05, 4.69) is 98.9 Å². The van der Waals surface area contributed by atoms with Crippen LogP contribution in [0.2, 0.25) is 0 Å². The van der Waals surface area contributed by atoms with E-state index < -0.39 is 26.5 Å². The zero-order valence-corrected chi connectivity index (χ0v) is 63.6. The van der Waals surface area contributed by atoms with Crippen molar-refractivity contribution in [2.75, 3.05) is 47.5 Å². The fourth-order valence-electron chi connectivity index (χ4n) is 11.8. The SMILES string of the molecule is CC/C=C\C/C=C\C/C=C\C/C=C\C/C=C\C/C=C\CCCCCCCCCCCCC(=O)OC(COC(=O)CCCCCCCCCCCCCCCCCCCCCCCCCCCCCCC/C=C\CCCCCCCCCC)COP(=O)([O-])OCC[N+](C)(C)C. The minimum Gasteiger partial charge on any atom is -0.756 e. The zero-order chi connectivity index (χ0) is 68.3. The van der Waals surface area contributed by atoms with Gasteiger partial charge in [-0.15, -0.1) is 0 Å². The molecule has 0 amide bonds. The van der Waals surface area contributed by atoms with Gasteiger partial charge in [0.1, 0.15) is 19.8 Å². The molecule has 0 heterocycles. The van der Waals surface area contributed by atoms with Crippen molar-refractivity contribution in [3.05, 3.63) is 85.1 Å². The molecule has 0 aliphatic heterocycles. The second kappa shape index (κ2) is 74.4. The summed E-state index contributed by atoms with van der Waals surface area (Å²) in [7, 11) is 1.17. The number of rotatable bonds is 75. The third-order valence-electron chi connectivity index (χ3n) is 17.9. The van der Waals surface area contributed by atoms with E-state index in [9.17, 15) is 19.0 Å². The Bertz CT molecular complexity index is 1860. The lowest BCUT2D eigenvalue weighted by Gasteiger charge is -2.28. The van der Waals surface area contributed by atoms with Gasteiger partial charge in [0.2, 0.25) is 0 Å². The molecule has 0 fully saturated rings. The van der Waals surface area contributed by atoms with Crippen LogP contribution in [0.3, 0.4) is 0 Å². The third-order valence-corrected chi connectivity index (χ3v) is 18.9. The lowest BCUT2D eigenvalue weighted by atomic mass is 10.0. The minimum atomic E-state index is -4.65. The summed E-state index contributed by atoms with van der Waals surface area (Å²) < 4.78 is 34.4. The number of unbranched alkanes of at least 4 members (excludes halogenated alkanes) is 47. The van der Waals surface area contributed by atoms with Gasteiger partial charge in [0, 0.05) is 12.8 Å². The molecular formula is C84H154NO8P. The van der Waals surface area contributed by atoms with E-state index in [1.54, 1.807) is 0 Å². The van der Waals surface area contributed by atoms with Crippen LogP contribution in [-0.2, 0) is 32.7 Å². The predicted octanol–water partition coefficient (Wildman–Crippen LogP) is 26.2. The van der Waals surface area contributed by atoms with Crippen molar-refractivity contribution >= 4 is 19.8 Å². The Morgan fingerprint density at radius 1 is 0.340 bits per heavy atom. The quantitative estimate of drug-likeness (QED) is 0.0195. The number of nitrogens with zero attached hydrogens (tertiary/aromatic N) is 1. The highest BCUT2D eigenvalue weighted by molar-refractivity contribution is 7.45. The average Bonchev–Trinajstić information content (AvgIpc) is 1.65. The number of hydrogen-bond donors (Lipinski definition) is 0. The Hall–Kier alpha value is -2.81. The fourth-order valence-corrected chi connectivity index (χ4v) is 12.5. The van der Waals surface area contributed by atoms with E-state index in [-0.39, 0.29) is 32.0 Å². The molecule has 0 saturated heterocycles. The molecule has 0 radical (unpaired) electrons. The van der Waals surface area contributed by atoms with Gasteiger partial charge >= 0.3 is 11.9 Å². The predicted molar refractivity (Wildman–Crippen MR) is 406 cm³/mol. The standard InChI is InChI=1S/C84H154NO8P/c1-6-8-10-12-14-16-18-20-22-24-26-28-30-32-34-36-37-38-39-40-41-42-43-44-45-46-47-49-50-52-54-56-58-60-62-64-66-68-70-72-74-76-83(86)90-80-82(81-92-94(88,89)91-79-78-85(3,4)5)93-84(87)77-75-73-71-69-67-65-63-61-59-57-55-53-51-48-35-33-31-29-27-25-23-21-19-17-15-13-11-9-7-2/h9,11,15,17,21,23-24,26-27,29,33,35,51,53,82H,6-8,10,12-14,16,18-20,22,25,28,30-32,34,36-50,52,54-81H2,1-5H3/b11-9-,17-15-,23-21-,26-24-,29-27-,35-33-,53-51-. The first-order chi connectivity index (χ1) is 46.0. The van der Waals surface area contributed by atoms with Gasteiger partial charge in [0.25, 0.3) is 7.82 Å². The Morgan fingerprint density at radius 3 is 0.915 bits per heavy atom. The molecule has 0 aliphatic carbocycles. The molecule has 0 bridgehead atoms. The van der Waals surface area contributed by atoms with Gasteiger partial charge in [0.15, 0.2) is 6.10 Å². The third kappa shape index (κ3) is 78.2. The number of likely N-dealkylation sites (N-methyl/N-ethyl adjacent to an activating group) is 1. The molecule has 2 atom stereocenters. The lowest BCUT2D eigenvalue weighted by molar-refractivity contribution is -0.870. The first-order valence-electron chi connectivity index (χ1n) is 40.3. The Morgan fingerprint density at radius 2 is 0.606 bits per heavy atom. The largest absolute Gasteiger partial charge is 0.756 e. The summed E-state index contributed by atoms with van der Waals surface area (Å²) in [5.74, 6) is -0.825. The number of quaternary nitrogens is 1. The summed E-state index contributed by atoms with van der Waals surface area (Å²) in [6.45, 7) is 4.17. The molecule has 0 aromatic rings. The summed E-state index contributed by atoms with van der Waals surface area (Å²) in [5.41, 5.74) is 0. The molecule has 94 heavy (non-hydrogen) atoms. The minimum absolute atomic E-state index is 0.0331. The number of ether oxygens (including phenoxy) is 2. The Kier molecular flexibility index (Phi) is 72.2. The van der Waals surface area contributed by atoms with E-state index in [4.69, 9.17) is 18.5 Å². The normalized spacial score (nSPS) is 13.5. The molecule has 0 rings (SSSR count). The monoisotopic (exact) mass is 1340 g/mol. The van der Waals surface area contributed by atoms with Crippen LogP contribution < -0.4 is 4.89 Å². The summed E-state index contributed by atoms with van der Waals surface area (Å²) >= 11 is 0. The van der Waals surface area contributed by atoms with Crippen molar-refractivity contribution in [1.82, 2.24) is 0 Å². The van der Waals surface area contributed by atoms with Gasteiger partial charge < -0.3 is 27.9 Å². The molecule has 9 nitrogen and oxygen atoms in total. The molecule has 548 valence electrons. The number of hydrogen-bond acceptors (Lipinski definition) is 8. The summed E-state index contributed by atoms with van der Waals surface area (Å²) in [5, 5.41) is 0. The Labute approximate surface area is 583 Å². The number of phosphoric ester groups is 1. The van der Waals surface area contributed by atoms with Crippen molar-refractivity contribution < 1.29 is 42.1 Å². The van der Waals surface area contributed by atoms with Crippen molar-refractivity contribution in [3.63, 3.8) is 0 Å². The van der Waals surface area contributed by atoms with E-state index >= 15 is 0 Å². The van der Waals surface area contributed by atoms with Crippen LogP contribution in [0, 0.1) is 0 Å². The number of esters is 2. The van der Waals surface area contributed by atoms with Crippen molar-refractivity contribution in [1.29, 1.82) is 0 Å². The van der Waals surface area contributed by atoms with Crippen LogP contribution in [0.5, 0.6) is 0 Å². The maximum absolute atomic E-state index is 12.9. The van der Waals surface area contributed by atoms with Crippen molar-refractivity contribution in [2.45, 2.75) is 392 Å². The van der Waals surface area contributed by atoms with Gasteiger partial charge in [-0.2, -0.15) is 0 Å². The van der Waals surface area contributed by atoms with Crippen LogP contribution in [0.25, 0.3) is 0 Å². The molecule has 0 N–H and O–H groups in total. The highest BCUT2D eigenvalue weighted by Crippen LogP contribution is 2.38. The summed E-state index contributed by atoms with van der Waals surface area (Å²) in [6, 6.07) is 0. The summed E-state index contributed by atoms with van der Waals surface area (Å²) in [6.07, 6.45) is 103. The summed E-state index contributed by atoms with van der Waals surface area (Å²) in [4.78, 5) is 38.2. The van der Waals surface area contributed by atoms with E-state index in [0.717, 1.165) is 83.5 Å². The molecule has 2 unspecified atom stereocenters. The zero-order valence-electron chi connectivity index (χ0n) is 62.7. The van der Waals surface area contributed by atoms with E-state index in [1.165, 1.54) is 270 Å². The molecule has 10 heteroatoms. The maximum Gasteiger partial charge on any atom is 0.306 e. The van der Waals surface area contributed by atoms with Crippen molar-refractivity contribution in [2.24, 2.45) is 0 Å². The number of allylic oxidation sites excluding steroid dienone is 14. The maximum atomic E-state index is 12.9. The van der Waals surface area contributed by atoms with Gasteiger partial charge in [-0.3, -0.25) is 14.2 Å². The molecule has 0 spiro atoms. The molecule has 0 aliphatic rings. The first-order valence-corrected chi connectivity index (χ1v) is 41.8. The van der Waals surface area contributed by atoms with Crippen molar-refractivity contribution in [3.8, 4) is 0 Å². The number of carbonyl (C=O) groups excluding carboxylic acids is 2. The second-order valence-corrected chi connectivity index (χ2v) is 29.8. The molecule has 0 aromatic heterocycles. The second-order valence-electron chi connectivity index (χ2n) is 28.4. The number of phosphoric acid groups is 1. The van der Waals surface area contributed by atoms with Gasteiger partial charge in [-0.1, -0.05) is 369 Å². The van der Waals surface area contributed by atoms with Crippen LogP contribution in [0.4, 0.5) is 0 Å². The van der Waals surface area contributed by atoms with Crippen LogP contribution in [0.15, 0.2) is 85.1 Å². The van der Waals surface area contributed by atoms with Crippen LogP contribution in [-0.4, -0.2) is 70.0 Å². The van der Waals surface area contributed by atoms with Crippen LogP contribution >= 0.6 is 7.82 Å². The topological polar surface area (TPSA) is 111 Å². The van der Waals surface area contributed by atoms with E-state index in [1.807, 2.05) is 21.1 Å². The molecule has 0 aromatic carbocycles. The smallest absolute Gasteiger partial charge is 0.306 e. The van der Waals surface area contributed by atoms with Gasteiger partial charge in [0.05, 0.1) is 27.7 Å². The molecule has 0 saturated carbocycles. The fraction of sp³-hybridized carbons (Fsp3) is 0.810. The number of carbonyl (C=O) groups is 2. The van der Waals surface area contributed by atoms with E-state index in [0.29, 0.717) is 17.4 Å². The average molecular weight is 1340 g/mol. The van der Waals surface area contributed by atoms with Crippen LogP contribution in [0.1, 0.15) is 386 Å². The highest BCUT2D eigenvalue weighted by atomic mass is 31.2. The lowest BCUT2D eigenvalue weighted by Crippen LogP contribution is -2.37.